The van der Waals surface area contributed by atoms with E-state index >= 15 is 0 Å². The van der Waals surface area contributed by atoms with Crippen molar-refractivity contribution in [3.05, 3.63) is 90.0 Å². The molecule has 0 atom stereocenters. The summed E-state index contributed by atoms with van der Waals surface area (Å²) in [5, 5.41) is 2.05. The number of benzene rings is 3. The predicted octanol–water partition coefficient (Wildman–Crippen LogP) is 4.33. The summed E-state index contributed by atoms with van der Waals surface area (Å²) in [5.41, 5.74) is -1.26. The minimum absolute atomic E-state index is 0.147. The lowest BCUT2D eigenvalue weighted by Gasteiger charge is -2.19. The predicted molar refractivity (Wildman–Crippen MR) is 119 cm³/mol. The molecule has 0 aromatic heterocycles. The number of carbonyl (C=O) groups is 2. The van der Waals surface area contributed by atoms with E-state index in [1.54, 1.807) is 30.3 Å². The van der Waals surface area contributed by atoms with E-state index in [2.05, 4.69) is 5.32 Å². The Kier molecular flexibility index (Phi) is 7.26. The summed E-state index contributed by atoms with van der Waals surface area (Å²) < 4.78 is 70.9. The van der Waals surface area contributed by atoms with Crippen LogP contribution in [0.3, 0.4) is 0 Å². The third-order valence-corrected chi connectivity index (χ3v) is 6.47. The van der Waals surface area contributed by atoms with Crippen LogP contribution in [0.4, 0.5) is 24.5 Å². The SMILES string of the molecule is CN(c1ccccc1)S(=O)(=O)c1cccc(C(=O)OCC(=O)Nc2ccccc2C(F)(F)F)c1. The molecule has 178 valence electrons. The first-order chi connectivity index (χ1) is 16.0. The average Bonchev–Trinajstić information content (AvgIpc) is 2.82. The van der Waals surface area contributed by atoms with Gasteiger partial charge in [-0.1, -0.05) is 36.4 Å². The Labute approximate surface area is 193 Å². The van der Waals surface area contributed by atoms with E-state index in [0.29, 0.717) is 5.69 Å². The first kappa shape index (κ1) is 24.8. The summed E-state index contributed by atoms with van der Waals surface area (Å²) in [6.07, 6.45) is -4.68. The largest absolute Gasteiger partial charge is 0.452 e. The highest BCUT2D eigenvalue weighted by molar-refractivity contribution is 7.92. The van der Waals surface area contributed by atoms with Crippen LogP contribution in [-0.4, -0.2) is 33.9 Å². The molecule has 0 aliphatic rings. The molecule has 0 bridgehead atoms. The Hall–Kier alpha value is -3.86. The molecule has 0 spiro atoms. The van der Waals surface area contributed by atoms with Crippen molar-refractivity contribution in [1.82, 2.24) is 0 Å². The zero-order valence-corrected chi connectivity index (χ0v) is 18.6. The van der Waals surface area contributed by atoms with Gasteiger partial charge < -0.3 is 10.1 Å². The topological polar surface area (TPSA) is 92.8 Å². The molecule has 0 aliphatic carbocycles. The number of halogens is 3. The molecule has 0 saturated carbocycles. The molecule has 3 aromatic carbocycles. The van der Waals surface area contributed by atoms with E-state index in [1.165, 1.54) is 37.4 Å². The van der Waals surface area contributed by atoms with Crippen molar-refractivity contribution in [2.45, 2.75) is 11.1 Å². The number of nitrogens with zero attached hydrogens (tertiary/aromatic N) is 1. The molecule has 7 nitrogen and oxygen atoms in total. The van der Waals surface area contributed by atoms with Gasteiger partial charge in [0, 0.05) is 7.05 Å². The Morgan fingerprint density at radius 3 is 2.26 bits per heavy atom. The second-order valence-corrected chi connectivity index (χ2v) is 8.97. The lowest BCUT2D eigenvalue weighted by Crippen LogP contribution is -2.27. The van der Waals surface area contributed by atoms with Crippen LogP contribution >= 0.6 is 0 Å². The van der Waals surface area contributed by atoms with Crippen LogP contribution in [0.5, 0.6) is 0 Å². The van der Waals surface area contributed by atoms with Gasteiger partial charge in [0.15, 0.2) is 6.61 Å². The number of carbonyl (C=O) groups excluding carboxylic acids is 2. The Morgan fingerprint density at radius 2 is 1.59 bits per heavy atom. The van der Waals surface area contributed by atoms with E-state index in [9.17, 15) is 31.2 Å². The van der Waals surface area contributed by atoms with Gasteiger partial charge in [-0.15, -0.1) is 0 Å². The van der Waals surface area contributed by atoms with Crippen LogP contribution in [0.1, 0.15) is 15.9 Å². The van der Waals surface area contributed by atoms with Gasteiger partial charge >= 0.3 is 12.1 Å². The smallest absolute Gasteiger partial charge is 0.418 e. The second kappa shape index (κ2) is 9.96. The summed E-state index contributed by atoms with van der Waals surface area (Å²) >= 11 is 0. The molecular formula is C23H19F3N2O5S. The molecular weight excluding hydrogens is 473 g/mol. The number of rotatable bonds is 7. The van der Waals surface area contributed by atoms with Crippen molar-refractivity contribution in [2.24, 2.45) is 0 Å². The fraction of sp³-hybridized carbons (Fsp3) is 0.130. The third kappa shape index (κ3) is 5.73. The van der Waals surface area contributed by atoms with Crippen molar-refractivity contribution < 1.29 is 35.9 Å². The summed E-state index contributed by atoms with van der Waals surface area (Å²) in [5.74, 6) is -2.00. The molecule has 0 radical (unpaired) electrons. The van der Waals surface area contributed by atoms with Gasteiger partial charge in [-0.3, -0.25) is 9.10 Å². The first-order valence-corrected chi connectivity index (χ1v) is 11.2. The van der Waals surface area contributed by atoms with Gasteiger partial charge in [-0.25, -0.2) is 13.2 Å². The third-order valence-electron chi connectivity index (χ3n) is 4.69. The van der Waals surface area contributed by atoms with Crippen LogP contribution in [-0.2, 0) is 25.7 Å². The Balaban J connectivity index is 1.69. The standard InChI is InChI=1S/C23H19F3N2O5S/c1-28(17-9-3-2-4-10-17)34(31,32)18-11-7-8-16(14-18)22(30)33-15-21(29)27-20-13-6-5-12-19(20)23(24,25)26/h2-14H,15H2,1H3,(H,27,29). The number of esters is 1. The molecule has 3 rings (SSSR count). The number of hydrogen-bond acceptors (Lipinski definition) is 5. The van der Waals surface area contributed by atoms with Crippen molar-refractivity contribution in [2.75, 3.05) is 23.3 Å². The highest BCUT2D eigenvalue weighted by Crippen LogP contribution is 2.34. The zero-order valence-electron chi connectivity index (χ0n) is 17.7. The van der Waals surface area contributed by atoms with Crippen LogP contribution in [0.2, 0.25) is 0 Å². The van der Waals surface area contributed by atoms with Crippen LogP contribution in [0.15, 0.2) is 83.8 Å². The fourth-order valence-corrected chi connectivity index (χ4v) is 4.20. The molecule has 1 N–H and O–H groups in total. The number of amides is 1. The maximum absolute atomic E-state index is 13.0. The Morgan fingerprint density at radius 1 is 0.941 bits per heavy atom. The van der Waals surface area contributed by atoms with Crippen molar-refractivity contribution in [3.63, 3.8) is 0 Å². The molecule has 1 amide bonds. The summed E-state index contributed by atoms with van der Waals surface area (Å²) in [4.78, 5) is 24.2. The summed E-state index contributed by atoms with van der Waals surface area (Å²) in [6.45, 7) is -0.869. The Bertz CT molecular complexity index is 1300. The highest BCUT2D eigenvalue weighted by atomic mass is 32.2. The first-order valence-electron chi connectivity index (χ1n) is 9.77. The number of alkyl halides is 3. The van der Waals surface area contributed by atoms with E-state index in [4.69, 9.17) is 4.74 Å². The van der Waals surface area contributed by atoms with E-state index < -0.39 is 45.9 Å². The number of sulfonamides is 1. The normalized spacial score (nSPS) is 11.5. The average molecular weight is 492 g/mol. The van der Waals surface area contributed by atoms with Gasteiger partial charge in [0.1, 0.15) is 0 Å². The highest BCUT2D eigenvalue weighted by Gasteiger charge is 2.33. The van der Waals surface area contributed by atoms with Crippen molar-refractivity contribution >= 4 is 33.3 Å². The van der Waals surface area contributed by atoms with Gasteiger partial charge in [0.05, 0.1) is 27.4 Å². The quantitative estimate of drug-likeness (QED) is 0.496. The summed E-state index contributed by atoms with van der Waals surface area (Å²) in [7, 11) is -2.64. The molecule has 3 aromatic rings. The maximum Gasteiger partial charge on any atom is 0.418 e. The van der Waals surface area contributed by atoms with E-state index in [0.717, 1.165) is 22.5 Å². The van der Waals surface area contributed by atoms with Crippen LogP contribution in [0.25, 0.3) is 0 Å². The number of hydrogen-bond donors (Lipinski definition) is 1. The molecule has 11 heteroatoms. The monoisotopic (exact) mass is 492 g/mol. The minimum atomic E-state index is -4.68. The van der Waals surface area contributed by atoms with Gasteiger partial charge in [-0.2, -0.15) is 13.2 Å². The van der Waals surface area contributed by atoms with Gasteiger partial charge in [0.2, 0.25) is 0 Å². The lowest BCUT2D eigenvalue weighted by atomic mass is 10.1. The van der Waals surface area contributed by atoms with Crippen LogP contribution < -0.4 is 9.62 Å². The van der Waals surface area contributed by atoms with Gasteiger partial charge in [0.25, 0.3) is 15.9 Å². The zero-order chi connectivity index (χ0) is 24.9. The number of anilines is 2. The van der Waals surface area contributed by atoms with Crippen molar-refractivity contribution in [1.29, 1.82) is 0 Å². The molecule has 0 saturated heterocycles. The molecule has 34 heavy (non-hydrogen) atoms. The van der Waals surface area contributed by atoms with E-state index in [1.807, 2.05) is 0 Å². The van der Waals surface area contributed by atoms with Crippen LogP contribution in [0, 0.1) is 0 Å². The number of para-hydroxylation sites is 2. The second-order valence-electron chi connectivity index (χ2n) is 7.00. The molecule has 0 aliphatic heterocycles. The molecule has 0 heterocycles. The molecule has 0 unspecified atom stereocenters. The summed E-state index contributed by atoms with van der Waals surface area (Å²) in [6, 6.07) is 17.7. The number of ether oxygens (including phenoxy) is 1. The minimum Gasteiger partial charge on any atom is -0.452 e. The lowest BCUT2D eigenvalue weighted by molar-refractivity contribution is -0.137. The number of nitrogens with one attached hydrogen (secondary N) is 1. The van der Waals surface area contributed by atoms with Crippen molar-refractivity contribution in [3.8, 4) is 0 Å². The molecule has 0 fully saturated rings. The maximum atomic E-state index is 13.0. The van der Waals surface area contributed by atoms with Gasteiger partial charge in [-0.05, 0) is 42.5 Å². The van der Waals surface area contributed by atoms with E-state index in [-0.39, 0.29) is 10.5 Å². The fourth-order valence-electron chi connectivity index (χ4n) is 2.96.